The number of halogens is 1. The van der Waals surface area contributed by atoms with Gasteiger partial charge in [0.15, 0.2) is 0 Å². The predicted octanol–water partition coefficient (Wildman–Crippen LogP) is 4.19. The highest BCUT2D eigenvalue weighted by Gasteiger charge is 2.09. The van der Waals surface area contributed by atoms with E-state index in [1.807, 2.05) is 0 Å². The van der Waals surface area contributed by atoms with Crippen molar-refractivity contribution in [1.82, 2.24) is 5.43 Å². The third-order valence-corrected chi connectivity index (χ3v) is 3.67. The number of non-ortho nitro benzene ring substituents is 1. The Balaban J connectivity index is 2.03. The highest BCUT2D eigenvalue weighted by molar-refractivity contribution is 6.30. The number of ether oxygens (including phenoxy) is 1. The first-order valence-electron chi connectivity index (χ1n) is 8.01. The minimum absolute atomic E-state index is 0.0853. The van der Waals surface area contributed by atoms with E-state index in [0.717, 1.165) is 12.8 Å². The molecule has 0 unspecified atom stereocenters. The zero-order chi connectivity index (χ0) is 18.9. The molecule has 7 nitrogen and oxygen atoms in total. The van der Waals surface area contributed by atoms with Crippen molar-refractivity contribution >= 4 is 29.4 Å². The summed E-state index contributed by atoms with van der Waals surface area (Å²) in [5, 5.41) is 15.1. The maximum absolute atomic E-state index is 12.0. The number of hydrogen-bond acceptors (Lipinski definition) is 5. The van der Waals surface area contributed by atoms with E-state index >= 15 is 0 Å². The predicted molar refractivity (Wildman–Crippen MR) is 100 cm³/mol. The molecule has 0 atom stereocenters. The van der Waals surface area contributed by atoms with Crippen LogP contribution in [-0.2, 0) is 0 Å². The van der Waals surface area contributed by atoms with Crippen molar-refractivity contribution in [3.63, 3.8) is 0 Å². The third kappa shape index (κ3) is 5.56. The van der Waals surface area contributed by atoms with E-state index in [1.165, 1.54) is 30.5 Å². The average molecular weight is 376 g/mol. The largest absolute Gasteiger partial charge is 0.493 e. The standard InChI is InChI=1S/C18H18ClN3O4/c1-2-3-10-26-17-9-6-15(19)11-14(17)12-20-21-18(23)13-4-7-16(8-5-13)22(24)25/h4-9,11-12H,2-3,10H2,1H3,(H,21,23)/b20-12+. The van der Waals surface area contributed by atoms with Crippen LogP contribution in [0.3, 0.4) is 0 Å². The number of nitrogens with one attached hydrogen (secondary N) is 1. The first-order chi connectivity index (χ1) is 12.5. The van der Waals surface area contributed by atoms with Gasteiger partial charge in [0.05, 0.1) is 17.7 Å². The molecule has 0 saturated heterocycles. The van der Waals surface area contributed by atoms with Crippen LogP contribution in [0.4, 0.5) is 5.69 Å². The summed E-state index contributed by atoms with van der Waals surface area (Å²) in [6.45, 7) is 2.65. The molecule has 0 aliphatic rings. The number of nitro groups is 1. The zero-order valence-electron chi connectivity index (χ0n) is 14.1. The quantitative estimate of drug-likeness (QED) is 0.324. The van der Waals surface area contributed by atoms with Crippen LogP contribution in [0.25, 0.3) is 0 Å². The van der Waals surface area contributed by atoms with Crippen molar-refractivity contribution in [1.29, 1.82) is 0 Å². The molecule has 2 aromatic rings. The molecule has 0 aliphatic heterocycles. The van der Waals surface area contributed by atoms with Crippen molar-refractivity contribution < 1.29 is 14.5 Å². The second kappa shape index (κ2) is 9.53. The van der Waals surface area contributed by atoms with Crippen molar-refractivity contribution in [3.8, 4) is 5.75 Å². The van der Waals surface area contributed by atoms with Crippen LogP contribution in [0.1, 0.15) is 35.7 Å². The summed E-state index contributed by atoms with van der Waals surface area (Å²) in [5.74, 6) is 0.141. The van der Waals surface area contributed by atoms with Crippen LogP contribution in [0.15, 0.2) is 47.6 Å². The van der Waals surface area contributed by atoms with Gasteiger partial charge in [-0.05, 0) is 36.8 Å². The first kappa shape index (κ1) is 19.4. The number of nitro benzene ring substituents is 1. The fourth-order valence-corrected chi connectivity index (χ4v) is 2.22. The number of hydrogen-bond donors (Lipinski definition) is 1. The summed E-state index contributed by atoms with van der Waals surface area (Å²) >= 11 is 6.00. The zero-order valence-corrected chi connectivity index (χ0v) is 14.9. The monoisotopic (exact) mass is 375 g/mol. The molecule has 1 amide bonds. The third-order valence-electron chi connectivity index (χ3n) is 3.44. The first-order valence-corrected chi connectivity index (χ1v) is 8.39. The highest BCUT2D eigenvalue weighted by atomic mass is 35.5. The van der Waals surface area contributed by atoms with Crippen LogP contribution in [0.5, 0.6) is 5.75 Å². The number of benzene rings is 2. The molecule has 0 bridgehead atoms. The molecule has 0 aromatic heterocycles. The van der Waals surface area contributed by atoms with Gasteiger partial charge in [-0.15, -0.1) is 0 Å². The maximum Gasteiger partial charge on any atom is 0.271 e. The molecule has 0 fully saturated rings. The van der Waals surface area contributed by atoms with E-state index in [9.17, 15) is 14.9 Å². The molecule has 2 aromatic carbocycles. The van der Waals surface area contributed by atoms with Crippen molar-refractivity contribution in [3.05, 3.63) is 68.7 Å². The lowest BCUT2D eigenvalue weighted by molar-refractivity contribution is -0.384. The fraction of sp³-hybridized carbons (Fsp3) is 0.222. The summed E-state index contributed by atoms with van der Waals surface area (Å²) in [4.78, 5) is 22.1. The van der Waals surface area contributed by atoms with Crippen molar-refractivity contribution in [2.45, 2.75) is 19.8 Å². The van der Waals surface area contributed by atoms with E-state index in [-0.39, 0.29) is 11.3 Å². The number of amides is 1. The van der Waals surface area contributed by atoms with Gasteiger partial charge in [-0.2, -0.15) is 5.10 Å². The van der Waals surface area contributed by atoms with E-state index in [0.29, 0.717) is 22.9 Å². The molecule has 8 heteroatoms. The molecule has 0 aliphatic carbocycles. The topological polar surface area (TPSA) is 93.8 Å². The van der Waals surface area contributed by atoms with E-state index < -0.39 is 10.8 Å². The van der Waals surface area contributed by atoms with Crippen LogP contribution in [0, 0.1) is 10.1 Å². The molecule has 0 spiro atoms. The fourth-order valence-electron chi connectivity index (χ4n) is 2.04. The Morgan fingerprint density at radius 1 is 1.31 bits per heavy atom. The Hall–Kier alpha value is -2.93. The Kier molecular flexibility index (Phi) is 7.11. The number of hydrazone groups is 1. The molecule has 2 rings (SSSR count). The lowest BCUT2D eigenvalue weighted by Crippen LogP contribution is -2.17. The van der Waals surface area contributed by atoms with Gasteiger partial charge in [0.2, 0.25) is 0 Å². The molecule has 26 heavy (non-hydrogen) atoms. The van der Waals surface area contributed by atoms with Gasteiger partial charge in [-0.3, -0.25) is 14.9 Å². The summed E-state index contributed by atoms with van der Waals surface area (Å²) in [6, 6.07) is 10.4. The number of carbonyl (C=O) groups excluding carboxylic acids is 1. The number of unbranched alkanes of at least 4 members (excludes halogenated alkanes) is 1. The molecule has 0 heterocycles. The Labute approximate surface area is 155 Å². The Bertz CT molecular complexity index is 807. The number of carbonyl (C=O) groups is 1. The average Bonchev–Trinajstić information content (AvgIpc) is 2.63. The van der Waals surface area contributed by atoms with Crippen LogP contribution in [-0.4, -0.2) is 23.7 Å². The van der Waals surface area contributed by atoms with Crippen LogP contribution in [0.2, 0.25) is 5.02 Å². The molecular formula is C18H18ClN3O4. The minimum Gasteiger partial charge on any atom is -0.493 e. The van der Waals surface area contributed by atoms with Gasteiger partial charge in [-0.25, -0.2) is 5.43 Å². The maximum atomic E-state index is 12.0. The van der Waals surface area contributed by atoms with E-state index in [2.05, 4.69) is 17.5 Å². The van der Waals surface area contributed by atoms with Gasteiger partial charge >= 0.3 is 0 Å². The van der Waals surface area contributed by atoms with E-state index in [1.54, 1.807) is 18.2 Å². The number of rotatable bonds is 8. The van der Waals surface area contributed by atoms with Crippen molar-refractivity contribution in [2.75, 3.05) is 6.61 Å². The van der Waals surface area contributed by atoms with Gasteiger partial charge in [0, 0.05) is 28.3 Å². The Morgan fingerprint density at radius 3 is 2.69 bits per heavy atom. The normalized spacial score (nSPS) is 10.7. The van der Waals surface area contributed by atoms with Gasteiger partial charge in [-0.1, -0.05) is 24.9 Å². The smallest absolute Gasteiger partial charge is 0.271 e. The molecule has 0 radical (unpaired) electrons. The number of nitrogens with zero attached hydrogens (tertiary/aromatic N) is 2. The second-order valence-corrected chi connectivity index (χ2v) is 5.82. The van der Waals surface area contributed by atoms with Gasteiger partial charge < -0.3 is 4.74 Å². The molecule has 1 N–H and O–H groups in total. The SMILES string of the molecule is CCCCOc1ccc(Cl)cc1/C=N/NC(=O)c1ccc([N+](=O)[O-])cc1. The second-order valence-electron chi connectivity index (χ2n) is 5.39. The summed E-state index contributed by atoms with van der Waals surface area (Å²) < 4.78 is 5.68. The Morgan fingerprint density at radius 2 is 2.04 bits per heavy atom. The van der Waals surface area contributed by atoms with Crippen LogP contribution >= 0.6 is 11.6 Å². The summed E-state index contributed by atoms with van der Waals surface area (Å²) in [7, 11) is 0. The van der Waals surface area contributed by atoms with E-state index in [4.69, 9.17) is 16.3 Å². The van der Waals surface area contributed by atoms with Gasteiger partial charge in [0.1, 0.15) is 5.75 Å². The van der Waals surface area contributed by atoms with Crippen molar-refractivity contribution in [2.24, 2.45) is 5.10 Å². The van der Waals surface area contributed by atoms with Gasteiger partial charge in [0.25, 0.3) is 11.6 Å². The minimum atomic E-state index is -0.529. The molecular weight excluding hydrogens is 358 g/mol. The molecule has 0 saturated carbocycles. The lowest BCUT2D eigenvalue weighted by Gasteiger charge is -2.08. The summed E-state index contributed by atoms with van der Waals surface area (Å²) in [6.07, 6.45) is 3.38. The molecule has 136 valence electrons. The lowest BCUT2D eigenvalue weighted by atomic mass is 10.2. The summed E-state index contributed by atoms with van der Waals surface area (Å²) in [5.41, 5.74) is 3.19. The van der Waals surface area contributed by atoms with Crippen LogP contribution < -0.4 is 10.2 Å². The highest BCUT2D eigenvalue weighted by Crippen LogP contribution is 2.21.